The third-order valence-corrected chi connectivity index (χ3v) is 3.80. The summed E-state index contributed by atoms with van der Waals surface area (Å²) in [4.78, 5) is 11.8. The first-order valence-corrected chi connectivity index (χ1v) is 7.82. The molecule has 0 atom stereocenters. The predicted molar refractivity (Wildman–Crippen MR) is 99.0 cm³/mol. The highest BCUT2D eigenvalue weighted by atomic mass is 16.4. The van der Waals surface area contributed by atoms with Gasteiger partial charge in [-0.15, -0.1) is 0 Å². The molecule has 0 radical (unpaired) electrons. The molecular weight excluding hydrogens is 300 g/mol. The molecule has 3 heteroatoms. The van der Waals surface area contributed by atoms with E-state index in [1.54, 1.807) is 13.8 Å². The summed E-state index contributed by atoms with van der Waals surface area (Å²) in [5.74, 6) is 0.419. The summed E-state index contributed by atoms with van der Waals surface area (Å²) in [6, 6.07) is 10.0. The first-order chi connectivity index (χ1) is 11.4. The zero-order chi connectivity index (χ0) is 17.7. The van der Waals surface area contributed by atoms with E-state index in [4.69, 9.17) is 4.42 Å². The number of allylic oxidation sites excluding steroid dienone is 5. The highest BCUT2D eigenvalue weighted by Crippen LogP contribution is 2.27. The van der Waals surface area contributed by atoms with Gasteiger partial charge in [0.15, 0.2) is 0 Å². The summed E-state index contributed by atoms with van der Waals surface area (Å²) in [6.45, 7) is 7.13. The lowest BCUT2D eigenvalue weighted by atomic mass is 10.0. The van der Waals surface area contributed by atoms with E-state index in [0.29, 0.717) is 11.3 Å². The zero-order valence-corrected chi connectivity index (χ0v) is 14.5. The van der Waals surface area contributed by atoms with Crippen molar-refractivity contribution in [3.8, 4) is 5.75 Å². The first kappa shape index (κ1) is 17.5. The molecule has 0 fully saturated rings. The van der Waals surface area contributed by atoms with E-state index in [-0.39, 0.29) is 11.3 Å². The van der Waals surface area contributed by atoms with Crippen LogP contribution in [0.15, 0.2) is 63.3 Å². The third-order valence-electron chi connectivity index (χ3n) is 3.80. The van der Waals surface area contributed by atoms with Crippen molar-refractivity contribution >= 4 is 11.6 Å². The van der Waals surface area contributed by atoms with Gasteiger partial charge in [-0.1, -0.05) is 60.2 Å². The maximum Gasteiger partial charge on any atom is 0.342 e. The maximum absolute atomic E-state index is 11.8. The van der Waals surface area contributed by atoms with Crippen LogP contribution >= 0.6 is 0 Å². The number of hydrogen-bond acceptors (Lipinski definition) is 3. The minimum absolute atomic E-state index is 0.000365. The first-order valence-electron chi connectivity index (χ1n) is 7.82. The van der Waals surface area contributed by atoms with Crippen molar-refractivity contribution in [3.63, 3.8) is 0 Å². The molecule has 2 rings (SSSR count). The summed E-state index contributed by atoms with van der Waals surface area (Å²) in [6.07, 6.45) is 7.91. The Morgan fingerprint density at radius 3 is 2.42 bits per heavy atom. The molecule has 0 saturated carbocycles. The number of rotatable bonds is 4. The second-order valence-electron chi connectivity index (χ2n) is 5.83. The van der Waals surface area contributed by atoms with Crippen molar-refractivity contribution in [2.75, 3.05) is 0 Å². The Kier molecular flexibility index (Phi) is 5.59. The van der Waals surface area contributed by atoms with Gasteiger partial charge < -0.3 is 9.52 Å². The van der Waals surface area contributed by atoms with E-state index in [2.05, 4.69) is 0 Å². The Morgan fingerprint density at radius 1 is 1.08 bits per heavy atom. The average molecular weight is 322 g/mol. The van der Waals surface area contributed by atoms with Gasteiger partial charge in [0.1, 0.15) is 11.5 Å². The molecule has 0 saturated heterocycles. The molecule has 1 N–H and O–H groups in total. The van der Waals surface area contributed by atoms with Crippen LogP contribution in [0.4, 0.5) is 0 Å². The molecule has 0 aliphatic rings. The van der Waals surface area contributed by atoms with E-state index < -0.39 is 5.63 Å². The van der Waals surface area contributed by atoms with Crippen molar-refractivity contribution < 1.29 is 9.52 Å². The minimum atomic E-state index is -0.508. The molecule has 0 unspecified atom stereocenters. The molecule has 1 aromatic carbocycles. The summed E-state index contributed by atoms with van der Waals surface area (Å²) < 4.78 is 5.33. The maximum atomic E-state index is 11.8. The fourth-order valence-electron chi connectivity index (χ4n) is 2.44. The standard InChI is InChI=1S/C21H22O3/c1-14(9-8-12-18-10-6-5-7-11-18)13-15(2)20-16(3)19(22)17(4)21(23)24-20/h5-13,22H,1-4H3. The van der Waals surface area contributed by atoms with Gasteiger partial charge in [-0.25, -0.2) is 4.79 Å². The monoisotopic (exact) mass is 322 g/mol. The molecule has 0 aliphatic carbocycles. The second-order valence-corrected chi connectivity index (χ2v) is 5.83. The zero-order valence-electron chi connectivity index (χ0n) is 14.5. The smallest absolute Gasteiger partial charge is 0.342 e. The van der Waals surface area contributed by atoms with Gasteiger partial charge in [0.05, 0.1) is 5.56 Å². The Labute approximate surface area is 142 Å². The Morgan fingerprint density at radius 2 is 1.75 bits per heavy atom. The molecule has 2 aromatic rings. The molecule has 1 heterocycles. The van der Waals surface area contributed by atoms with Gasteiger partial charge in [-0.2, -0.15) is 0 Å². The van der Waals surface area contributed by atoms with Gasteiger partial charge in [-0.3, -0.25) is 0 Å². The van der Waals surface area contributed by atoms with Gasteiger partial charge in [0.2, 0.25) is 0 Å². The highest BCUT2D eigenvalue weighted by molar-refractivity contribution is 5.67. The van der Waals surface area contributed by atoms with Crippen LogP contribution in [-0.2, 0) is 0 Å². The van der Waals surface area contributed by atoms with Crippen LogP contribution in [0.25, 0.3) is 11.6 Å². The second kappa shape index (κ2) is 7.64. The van der Waals surface area contributed by atoms with Crippen LogP contribution in [0.5, 0.6) is 5.75 Å². The summed E-state index contributed by atoms with van der Waals surface area (Å²) >= 11 is 0. The summed E-state index contributed by atoms with van der Waals surface area (Å²) in [5.41, 5.74) is 3.25. The van der Waals surface area contributed by atoms with Crippen molar-refractivity contribution in [2.45, 2.75) is 27.7 Å². The molecule has 0 amide bonds. The molecule has 0 spiro atoms. The normalized spacial score (nSPS) is 12.8. The Bertz CT molecular complexity index is 866. The minimum Gasteiger partial charge on any atom is -0.507 e. The van der Waals surface area contributed by atoms with Gasteiger partial charge in [0, 0.05) is 5.56 Å². The fraction of sp³-hybridized carbons (Fsp3) is 0.190. The molecule has 3 nitrogen and oxygen atoms in total. The van der Waals surface area contributed by atoms with E-state index >= 15 is 0 Å². The van der Waals surface area contributed by atoms with Crippen LogP contribution in [0.2, 0.25) is 0 Å². The van der Waals surface area contributed by atoms with Crippen molar-refractivity contribution in [2.24, 2.45) is 0 Å². The van der Waals surface area contributed by atoms with Crippen LogP contribution in [0.1, 0.15) is 36.3 Å². The van der Waals surface area contributed by atoms with Crippen molar-refractivity contribution in [1.29, 1.82) is 0 Å². The topological polar surface area (TPSA) is 50.4 Å². The van der Waals surface area contributed by atoms with Crippen molar-refractivity contribution in [1.82, 2.24) is 0 Å². The largest absolute Gasteiger partial charge is 0.507 e. The average Bonchev–Trinajstić information content (AvgIpc) is 2.57. The number of hydrogen-bond donors (Lipinski definition) is 1. The van der Waals surface area contributed by atoms with Gasteiger partial charge >= 0.3 is 5.63 Å². The third kappa shape index (κ3) is 4.13. The highest BCUT2D eigenvalue weighted by Gasteiger charge is 2.14. The van der Waals surface area contributed by atoms with Crippen LogP contribution in [0.3, 0.4) is 0 Å². The SMILES string of the molecule is CC(=CC=Cc1ccccc1)C=C(C)c1oc(=O)c(C)c(O)c1C. The fourth-order valence-corrected chi connectivity index (χ4v) is 2.44. The van der Waals surface area contributed by atoms with Crippen LogP contribution < -0.4 is 5.63 Å². The molecule has 1 aromatic heterocycles. The molecule has 124 valence electrons. The van der Waals surface area contributed by atoms with E-state index in [9.17, 15) is 9.90 Å². The van der Waals surface area contributed by atoms with Crippen molar-refractivity contribution in [3.05, 3.63) is 87.0 Å². The molecule has 0 bridgehead atoms. The molecular formula is C21H22O3. The molecule has 24 heavy (non-hydrogen) atoms. The summed E-state index contributed by atoms with van der Waals surface area (Å²) in [7, 11) is 0. The van der Waals surface area contributed by atoms with Crippen LogP contribution in [-0.4, -0.2) is 5.11 Å². The van der Waals surface area contributed by atoms with E-state index in [1.165, 1.54) is 0 Å². The Hall–Kier alpha value is -2.81. The lowest BCUT2D eigenvalue weighted by Gasteiger charge is -2.08. The lowest BCUT2D eigenvalue weighted by Crippen LogP contribution is -2.07. The van der Waals surface area contributed by atoms with Gasteiger partial charge in [-0.05, 0) is 38.8 Å². The van der Waals surface area contributed by atoms with E-state index in [1.807, 2.05) is 68.5 Å². The van der Waals surface area contributed by atoms with Crippen LogP contribution in [0, 0.1) is 13.8 Å². The lowest BCUT2D eigenvalue weighted by molar-refractivity contribution is 0.428. The van der Waals surface area contributed by atoms with E-state index in [0.717, 1.165) is 16.7 Å². The summed E-state index contributed by atoms with van der Waals surface area (Å²) in [5, 5.41) is 10.0. The number of aromatic hydroxyl groups is 1. The van der Waals surface area contributed by atoms with Gasteiger partial charge in [0.25, 0.3) is 0 Å². The molecule has 0 aliphatic heterocycles. The quantitative estimate of drug-likeness (QED) is 0.804. The predicted octanol–water partition coefficient (Wildman–Crippen LogP) is 5.03. The Balaban J connectivity index is 2.26. The number of benzene rings is 1.